The van der Waals surface area contributed by atoms with Crippen molar-refractivity contribution < 1.29 is 31.1 Å². The van der Waals surface area contributed by atoms with Crippen molar-refractivity contribution in [2.75, 3.05) is 20.3 Å². The Kier molecular flexibility index (Phi) is 5.85. The third-order valence-corrected chi connectivity index (χ3v) is 7.96. The van der Waals surface area contributed by atoms with Gasteiger partial charge in [-0.3, -0.25) is 4.98 Å². The van der Waals surface area contributed by atoms with Crippen LogP contribution in [0.5, 0.6) is 11.5 Å². The summed E-state index contributed by atoms with van der Waals surface area (Å²) >= 11 is 0.928. The molecular weight excluding hydrogens is 505 g/mol. The number of hydrogen-bond acceptors (Lipinski definition) is 8. The molecule has 5 rings (SSSR count). The number of fused-ring (bicyclic) bond motifs is 2. The lowest BCUT2D eigenvalue weighted by molar-refractivity contribution is -0.137. The second kappa shape index (κ2) is 8.73. The van der Waals surface area contributed by atoms with Gasteiger partial charge in [0, 0.05) is 30.4 Å². The highest BCUT2D eigenvalue weighted by Crippen LogP contribution is 2.39. The topological polar surface area (TPSA) is 94.5 Å². The van der Waals surface area contributed by atoms with E-state index < -0.39 is 21.8 Å². The number of benzene rings is 2. The highest BCUT2D eigenvalue weighted by atomic mass is 32.2. The fraction of sp³-hybridized carbons (Fsp3) is 0.227. The maximum Gasteiger partial charge on any atom is 0.417 e. The number of nitrogens with zero attached hydrogens (tertiary/aromatic N) is 4. The van der Waals surface area contributed by atoms with Crippen molar-refractivity contribution in [3.05, 3.63) is 59.8 Å². The second-order valence-electron chi connectivity index (χ2n) is 7.67. The molecule has 0 N–H and O–H groups in total. The molecule has 0 aliphatic carbocycles. The van der Waals surface area contributed by atoms with E-state index in [1.165, 1.54) is 23.5 Å². The molecule has 0 bridgehead atoms. The molecule has 0 spiro atoms. The van der Waals surface area contributed by atoms with E-state index in [4.69, 9.17) is 9.47 Å². The summed E-state index contributed by atoms with van der Waals surface area (Å²) in [7, 11) is -2.54. The van der Waals surface area contributed by atoms with Gasteiger partial charge < -0.3 is 9.47 Å². The van der Waals surface area contributed by atoms with Crippen LogP contribution in [0.1, 0.15) is 11.1 Å². The Bertz CT molecular complexity index is 1510. The van der Waals surface area contributed by atoms with Crippen LogP contribution in [0.25, 0.3) is 22.3 Å². The Labute approximate surface area is 202 Å². The quantitative estimate of drug-likeness (QED) is 0.393. The molecule has 8 nitrogen and oxygen atoms in total. The van der Waals surface area contributed by atoms with Gasteiger partial charge in [0.2, 0.25) is 10.0 Å². The van der Waals surface area contributed by atoms with Gasteiger partial charge in [0.15, 0.2) is 11.5 Å². The first-order valence-corrected chi connectivity index (χ1v) is 12.4. The third kappa shape index (κ3) is 4.30. The van der Waals surface area contributed by atoms with Gasteiger partial charge in [-0.05, 0) is 36.4 Å². The van der Waals surface area contributed by atoms with E-state index in [9.17, 15) is 21.6 Å². The predicted molar refractivity (Wildman–Crippen MR) is 122 cm³/mol. The summed E-state index contributed by atoms with van der Waals surface area (Å²) in [5, 5.41) is 0. The number of sulfonamides is 1. The van der Waals surface area contributed by atoms with Gasteiger partial charge in [0.25, 0.3) is 0 Å². The summed E-state index contributed by atoms with van der Waals surface area (Å²) in [5.74, 6) is 0.693. The van der Waals surface area contributed by atoms with Crippen molar-refractivity contribution >= 4 is 32.8 Å². The molecule has 0 fully saturated rings. The molecule has 0 atom stereocenters. The van der Waals surface area contributed by atoms with E-state index in [0.717, 1.165) is 24.0 Å². The summed E-state index contributed by atoms with van der Waals surface area (Å²) in [4.78, 5) is 3.99. The molecule has 0 unspecified atom stereocenters. The van der Waals surface area contributed by atoms with Crippen LogP contribution in [0.4, 0.5) is 13.2 Å². The second-order valence-corrected chi connectivity index (χ2v) is 10.1. The van der Waals surface area contributed by atoms with E-state index >= 15 is 0 Å². The molecule has 1 aliphatic heterocycles. The van der Waals surface area contributed by atoms with Crippen molar-refractivity contribution in [3.8, 4) is 22.8 Å². The smallest absolute Gasteiger partial charge is 0.417 e. The van der Waals surface area contributed by atoms with Crippen LogP contribution in [0.15, 0.2) is 53.6 Å². The van der Waals surface area contributed by atoms with E-state index in [1.807, 2.05) is 0 Å². The molecule has 2 aromatic heterocycles. The lowest BCUT2D eigenvalue weighted by atomic mass is 10.0. The average molecular weight is 523 g/mol. The first-order chi connectivity index (χ1) is 16.7. The summed E-state index contributed by atoms with van der Waals surface area (Å²) in [5.41, 5.74) is 1.14. The fourth-order valence-electron chi connectivity index (χ4n) is 3.83. The van der Waals surface area contributed by atoms with E-state index in [0.29, 0.717) is 33.7 Å². The lowest BCUT2D eigenvalue weighted by Crippen LogP contribution is -2.32. The van der Waals surface area contributed by atoms with Gasteiger partial charge in [-0.25, -0.2) is 8.42 Å². The number of ether oxygens (including phenoxy) is 2. The SMILES string of the molecule is COc1cc(-c2ccc(C(F)(F)F)cn2)cc2c1OCCN(S(=O)(=O)c1cccc3nsnc13)C2. The van der Waals surface area contributed by atoms with Gasteiger partial charge >= 0.3 is 6.18 Å². The standard InChI is InChI=1S/C22H17F3N4O4S2/c1-32-18-10-13(16-6-5-15(11-26-16)22(23,24)25)9-14-12-29(7-8-33-21(14)18)35(30,31)19-4-2-3-17-20(19)28-34-27-17/h2-6,9-11H,7-8,12H2,1H3. The van der Waals surface area contributed by atoms with Crippen LogP contribution in [0.3, 0.4) is 0 Å². The largest absolute Gasteiger partial charge is 0.493 e. The van der Waals surface area contributed by atoms with Crippen LogP contribution >= 0.6 is 11.7 Å². The molecule has 182 valence electrons. The van der Waals surface area contributed by atoms with E-state index in [1.54, 1.807) is 24.3 Å². The minimum absolute atomic E-state index is 0.0414. The highest BCUT2D eigenvalue weighted by molar-refractivity contribution is 7.89. The van der Waals surface area contributed by atoms with Crippen molar-refractivity contribution in [2.24, 2.45) is 0 Å². The molecule has 0 radical (unpaired) electrons. The zero-order chi connectivity index (χ0) is 24.8. The molecule has 0 saturated carbocycles. The van der Waals surface area contributed by atoms with Gasteiger partial charge in [-0.2, -0.15) is 26.2 Å². The Hall–Kier alpha value is -3.29. The Balaban J connectivity index is 1.55. The zero-order valence-corrected chi connectivity index (χ0v) is 19.7. The Morgan fingerprint density at radius 2 is 1.97 bits per heavy atom. The van der Waals surface area contributed by atoms with E-state index in [-0.39, 0.29) is 30.3 Å². The van der Waals surface area contributed by atoms with Crippen molar-refractivity contribution in [3.63, 3.8) is 0 Å². The Morgan fingerprint density at radius 3 is 2.69 bits per heavy atom. The molecule has 3 heterocycles. The fourth-order valence-corrected chi connectivity index (χ4v) is 5.98. The number of pyridine rings is 1. The maximum absolute atomic E-state index is 13.6. The monoisotopic (exact) mass is 522 g/mol. The van der Waals surface area contributed by atoms with Crippen molar-refractivity contribution in [2.45, 2.75) is 17.6 Å². The van der Waals surface area contributed by atoms with Gasteiger partial charge in [0.05, 0.1) is 30.1 Å². The number of hydrogen-bond donors (Lipinski definition) is 0. The van der Waals surface area contributed by atoms with Gasteiger partial charge in [-0.1, -0.05) is 6.07 Å². The van der Waals surface area contributed by atoms with Crippen LogP contribution in [0, 0.1) is 0 Å². The minimum Gasteiger partial charge on any atom is -0.493 e. The number of alkyl halides is 3. The number of halogens is 3. The lowest BCUT2D eigenvalue weighted by Gasteiger charge is -2.20. The predicted octanol–water partition coefficient (Wildman–Crippen LogP) is 4.36. The average Bonchev–Trinajstić information content (AvgIpc) is 3.21. The van der Waals surface area contributed by atoms with Gasteiger partial charge in [-0.15, -0.1) is 0 Å². The molecule has 13 heteroatoms. The first kappa shape index (κ1) is 23.5. The third-order valence-electron chi connectivity index (χ3n) is 5.54. The molecular formula is C22H17F3N4O4S2. The van der Waals surface area contributed by atoms with Crippen molar-refractivity contribution in [1.29, 1.82) is 0 Å². The zero-order valence-electron chi connectivity index (χ0n) is 18.1. The summed E-state index contributed by atoms with van der Waals surface area (Å²) in [6.07, 6.45) is -3.75. The number of aromatic nitrogens is 3. The molecule has 0 saturated heterocycles. The summed E-state index contributed by atoms with van der Waals surface area (Å²) in [6, 6.07) is 10.2. The van der Waals surface area contributed by atoms with E-state index in [2.05, 4.69) is 13.7 Å². The molecule has 1 aliphatic rings. The minimum atomic E-state index is -4.50. The maximum atomic E-state index is 13.6. The Morgan fingerprint density at radius 1 is 1.14 bits per heavy atom. The summed E-state index contributed by atoms with van der Waals surface area (Å²) in [6.45, 7) is 0.101. The van der Waals surface area contributed by atoms with Crippen LogP contribution in [-0.4, -0.2) is 46.7 Å². The number of methoxy groups -OCH3 is 1. The van der Waals surface area contributed by atoms with Crippen molar-refractivity contribution in [1.82, 2.24) is 18.0 Å². The molecule has 0 amide bonds. The van der Waals surface area contributed by atoms with Gasteiger partial charge in [0.1, 0.15) is 22.5 Å². The van der Waals surface area contributed by atoms with Crippen LogP contribution < -0.4 is 9.47 Å². The summed E-state index contributed by atoms with van der Waals surface area (Å²) < 4.78 is 86.7. The molecule has 4 aromatic rings. The highest BCUT2D eigenvalue weighted by Gasteiger charge is 2.32. The van der Waals surface area contributed by atoms with Crippen LogP contribution in [0.2, 0.25) is 0 Å². The number of rotatable bonds is 4. The first-order valence-electron chi connectivity index (χ1n) is 10.3. The normalized spacial score (nSPS) is 14.9. The van der Waals surface area contributed by atoms with Crippen LogP contribution in [-0.2, 0) is 22.7 Å². The molecule has 2 aromatic carbocycles. The molecule has 35 heavy (non-hydrogen) atoms.